The number of carbonyl (C=O) groups is 1. The van der Waals surface area contributed by atoms with Crippen molar-refractivity contribution in [2.45, 2.75) is 32.6 Å². The first kappa shape index (κ1) is 17.2. The van der Waals surface area contributed by atoms with Crippen LogP contribution in [0.25, 0.3) is 21.9 Å². The Hall–Kier alpha value is -2.68. The molecule has 0 atom stereocenters. The summed E-state index contributed by atoms with van der Waals surface area (Å²) in [5.41, 5.74) is 2.99. The van der Waals surface area contributed by atoms with Gasteiger partial charge in [0, 0.05) is 23.7 Å². The van der Waals surface area contributed by atoms with Gasteiger partial charge < -0.3 is 5.32 Å². The molecule has 0 fully saturated rings. The van der Waals surface area contributed by atoms with Gasteiger partial charge in [0.05, 0.1) is 12.1 Å². The molecule has 0 saturated carbocycles. The average Bonchev–Trinajstić information content (AvgIpc) is 2.66. The largest absolute Gasteiger partial charge is 0.356 e. The standard InChI is InChI=1S/C22H24N2O/c1-2-3-9-14-23-21(25)15-20-22(17-10-5-4-6-11-17)19-13-8-7-12-18(19)16-24-20/h4-8,10-13,16H,2-3,9,14-15H2,1H3,(H,23,25). The number of pyridine rings is 1. The van der Waals surface area contributed by atoms with E-state index >= 15 is 0 Å². The third-order valence-corrected chi connectivity index (χ3v) is 4.37. The maximum absolute atomic E-state index is 12.3. The predicted octanol–water partition coefficient (Wildman–Crippen LogP) is 4.75. The van der Waals surface area contributed by atoms with Crippen LogP contribution >= 0.6 is 0 Å². The zero-order valence-corrected chi connectivity index (χ0v) is 14.7. The molecular weight excluding hydrogens is 308 g/mol. The molecule has 3 nitrogen and oxygen atoms in total. The van der Waals surface area contributed by atoms with E-state index in [1.54, 1.807) is 0 Å². The van der Waals surface area contributed by atoms with E-state index in [1.165, 1.54) is 0 Å². The molecule has 1 heterocycles. The molecule has 0 radical (unpaired) electrons. The van der Waals surface area contributed by atoms with E-state index in [4.69, 9.17) is 0 Å². The SMILES string of the molecule is CCCCCNC(=O)Cc1ncc2ccccc2c1-c1ccccc1. The Kier molecular flexibility index (Phi) is 5.78. The van der Waals surface area contributed by atoms with Gasteiger partial charge in [-0.15, -0.1) is 0 Å². The topological polar surface area (TPSA) is 42.0 Å². The highest BCUT2D eigenvalue weighted by atomic mass is 16.1. The zero-order valence-electron chi connectivity index (χ0n) is 14.7. The van der Waals surface area contributed by atoms with E-state index in [0.29, 0.717) is 6.42 Å². The lowest BCUT2D eigenvalue weighted by molar-refractivity contribution is -0.120. The first-order valence-electron chi connectivity index (χ1n) is 8.98. The van der Waals surface area contributed by atoms with Crippen molar-refractivity contribution >= 4 is 16.7 Å². The number of carbonyl (C=O) groups excluding carboxylic acids is 1. The molecule has 1 amide bonds. The molecule has 2 aromatic carbocycles. The first-order chi connectivity index (χ1) is 12.3. The molecule has 3 heteroatoms. The molecule has 25 heavy (non-hydrogen) atoms. The van der Waals surface area contributed by atoms with Crippen molar-refractivity contribution in [1.29, 1.82) is 0 Å². The van der Waals surface area contributed by atoms with Gasteiger partial charge >= 0.3 is 0 Å². The fraction of sp³-hybridized carbons (Fsp3) is 0.273. The van der Waals surface area contributed by atoms with Crippen LogP contribution in [0.1, 0.15) is 31.9 Å². The number of unbranched alkanes of at least 4 members (excludes halogenated alkanes) is 2. The fourth-order valence-electron chi connectivity index (χ4n) is 3.08. The van der Waals surface area contributed by atoms with Crippen molar-refractivity contribution in [2.75, 3.05) is 6.54 Å². The van der Waals surface area contributed by atoms with Crippen LogP contribution in [0.3, 0.4) is 0 Å². The van der Waals surface area contributed by atoms with E-state index in [2.05, 4.69) is 41.5 Å². The van der Waals surface area contributed by atoms with Crippen LogP contribution in [-0.4, -0.2) is 17.4 Å². The van der Waals surface area contributed by atoms with E-state index in [0.717, 1.165) is 53.4 Å². The van der Waals surface area contributed by atoms with E-state index in [-0.39, 0.29) is 5.91 Å². The number of amides is 1. The van der Waals surface area contributed by atoms with Gasteiger partial charge in [0.1, 0.15) is 0 Å². The molecule has 0 spiro atoms. The minimum atomic E-state index is 0.0380. The lowest BCUT2D eigenvalue weighted by atomic mass is 9.96. The Bertz CT molecular complexity index is 843. The molecule has 0 saturated heterocycles. The molecule has 1 N–H and O–H groups in total. The Balaban J connectivity index is 1.91. The summed E-state index contributed by atoms with van der Waals surface area (Å²) in [7, 11) is 0. The number of nitrogens with zero attached hydrogens (tertiary/aromatic N) is 1. The smallest absolute Gasteiger partial charge is 0.226 e. The summed E-state index contributed by atoms with van der Waals surface area (Å²) in [4.78, 5) is 17.0. The molecule has 3 rings (SSSR count). The fourth-order valence-corrected chi connectivity index (χ4v) is 3.08. The van der Waals surface area contributed by atoms with Crippen molar-refractivity contribution in [2.24, 2.45) is 0 Å². The van der Waals surface area contributed by atoms with Gasteiger partial charge in [-0.1, -0.05) is 74.4 Å². The molecule has 128 valence electrons. The Morgan fingerprint density at radius 3 is 2.56 bits per heavy atom. The van der Waals surface area contributed by atoms with Crippen molar-refractivity contribution in [1.82, 2.24) is 10.3 Å². The van der Waals surface area contributed by atoms with Crippen molar-refractivity contribution in [3.05, 3.63) is 66.5 Å². The summed E-state index contributed by atoms with van der Waals surface area (Å²) in [5, 5.41) is 5.24. The third-order valence-electron chi connectivity index (χ3n) is 4.37. The van der Waals surface area contributed by atoms with Crippen LogP contribution in [0, 0.1) is 0 Å². The number of hydrogen-bond donors (Lipinski definition) is 1. The summed E-state index contributed by atoms with van der Waals surface area (Å²) in [6.07, 6.45) is 5.49. The molecule has 0 unspecified atom stereocenters. The number of fused-ring (bicyclic) bond motifs is 1. The molecule has 0 aliphatic rings. The maximum atomic E-state index is 12.3. The van der Waals surface area contributed by atoms with Gasteiger partial charge in [0.25, 0.3) is 0 Å². The minimum Gasteiger partial charge on any atom is -0.356 e. The Labute approximate surface area is 149 Å². The highest BCUT2D eigenvalue weighted by Gasteiger charge is 2.14. The zero-order chi connectivity index (χ0) is 17.5. The van der Waals surface area contributed by atoms with Gasteiger partial charge in [-0.3, -0.25) is 9.78 Å². The van der Waals surface area contributed by atoms with Crippen molar-refractivity contribution in [3.8, 4) is 11.1 Å². The highest BCUT2D eigenvalue weighted by molar-refractivity contribution is 5.98. The van der Waals surface area contributed by atoms with Crippen LogP contribution in [0.5, 0.6) is 0 Å². The second-order valence-corrected chi connectivity index (χ2v) is 6.27. The van der Waals surface area contributed by atoms with Gasteiger partial charge in [-0.2, -0.15) is 0 Å². The van der Waals surface area contributed by atoms with Gasteiger partial charge in [-0.05, 0) is 17.4 Å². The molecular formula is C22H24N2O. The number of benzene rings is 2. The van der Waals surface area contributed by atoms with Crippen molar-refractivity contribution in [3.63, 3.8) is 0 Å². The summed E-state index contributed by atoms with van der Waals surface area (Å²) in [6, 6.07) is 18.4. The van der Waals surface area contributed by atoms with E-state index < -0.39 is 0 Å². The minimum absolute atomic E-state index is 0.0380. The third kappa shape index (κ3) is 4.24. The summed E-state index contributed by atoms with van der Waals surface area (Å²) < 4.78 is 0. The van der Waals surface area contributed by atoms with Crippen molar-refractivity contribution < 1.29 is 4.79 Å². The van der Waals surface area contributed by atoms with Gasteiger partial charge in [0.15, 0.2) is 0 Å². The lowest BCUT2D eigenvalue weighted by Crippen LogP contribution is -2.26. The predicted molar refractivity (Wildman–Crippen MR) is 103 cm³/mol. The van der Waals surface area contributed by atoms with E-state index in [9.17, 15) is 4.79 Å². The second kappa shape index (κ2) is 8.43. The van der Waals surface area contributed by atoms with Crippen LogP contribution in [0.15, 0.2) is 60.8 Å². The summed E-state index contributed by atoms with van der Waals surface area (Å²) in [6.45, 7) is 2.90. The quantitative estimate of drug-likeness (QED) is 0.634. The highest BCUT2D eigenvalue weighted by Crippen LogP contribution is 2.31. The average molecular weight is 332 g/mol. The molecule has 1 aromatic heterocycles. The van der Waals surface area contributed by atoms with Gasteiger partial charge in [-0.25, -0.2) is 0 Å². The second-order valence-electron chi connectivity index (χ2n) is 6.27. The Morgan fingerprint density at radius 2 is 1.76 bits per heavy atom. The number of rotatable bonds is 7. The maximum Gasteiger partial charge on any atom is 0.226 e. The number of hydrogen-bond acceptors (Lipinski definition) is 2. The molecule has 0 aliphatic heterocycles. The van der Waals surface area contributed by atoms with Crippen LogP contribution in [0.2, 0.25) is 0 Å². The lowest BCUT2D eigenvalue weighted by Gasteiger charge is -2.13. The molecule has 0 bridgehead atoms. The molecule has 0 aliphatic carbocycles. The number of aromatic nitrogens is 1. The Morgan fingerprint density at radius 1 is 1.00 bits per heavy atom. The van der Waals surface area contributed by atoms with Crippen LogP contribution in [0.4, 0.5) is 0 Å². The number of nitrogens with one attached hydrogen (secondary N) is 1. The molecule has 3 aromatic rings. The van der Waals surface area contributed by atoms with Gasteiger partial charge in [0.2, 0.25) is 5.91 Å². The summed E-state index contributed by atoms with van der Waals surface area (Å²) >= 11 is 0. The van der Waals surface area contributed by atoms with E-state index in [1.807, 2.05) is 36.5 Å². The van der Waals surface area contributed by atoms with Crippen LogP contribution in [-0.2, 0) is 11.2 Å². The normalized spacial score (nSPS) is 10.8. The first-order valence-corrected chi connectivity index (χ1v) is 8.98. The monoisotopic (exact) mass is 332 g/mol. The summed E-state index contributed by atoms with van der Waals surface area (Å²) in [5.74, 6) is 0.0380. The van der Waals surface area contributed by atoms with Crippen LogP contribution < -0.4 is 5.32 Å².